The molecular weight excluding hydrogens is 176 g/mol. The molecule has 0 aliphatic carbocycles. The van der Waals surface area contributed by atoms with Gasteiger partial charge in [0, 0.05) is 18.0 Å². The van der Waals surface area contributed by atoms with E-state index in [2.05, 4.69) is 19.9 Å². The number of aromatic nitrogens is 4. The first-order chi connectivity index (χ1) is 6.93. The zero-order valence-electron chi connectivity index (χ0n) is 7.36. The Hall–Kier alpha value is -2.10. The van der Waals surface area contributed by atoms with Crippen molar-refractivity contribution in [3.63, 3.8) is 0 Å². The van der Waals surface area contributed by atoms with E-state index in [0.717, 1.165) is 22.4 Å². The molecule has 2 heterocycles. The second-order valence-electron chi connectivity index (χ2n) is 3.07. The van der Waals surface area contributed by atoms with E-state index in [1.807, 2.05) is 24.4 Å². The molecule has 0 saturated heterocycles. The first-order valence-corrected chi connectivity index (χ1v) is 4.36. The molecule has 0 fully saturated rings. The number of nitrogens with one attached hydrogen (secondary N) is 2. The fourth-order valence-electron chi connectivity index (χ4n) is 1.51. The van der Waals surface area contributed by atoms with Gasteiger partial charge in [0.15, 0.2) is 0 Å². The van der Waals surface area contributed by atoms with E-state index in [9.17, 15) is 0 Å². The monoisotopic (exact) mass is 184 g/mol. The van der Waals surface area contributed by atoms with Gasteiger partial charge < -0.3 is 9.97 Å². The first-order valence-electron chi connectivity index (χ1n) is 4.36. The molecule has 0 bridgehead atoms. The van der Waals surface area contributed by atoms with E-state index < -0.39 is 0 Å². The smallest absolute Gasteiger partial charge is 0.137 e. The summed E-state index contributed by atoms with van der Waals surface area (Å²) in [6, 6.07) is 6.01. The van der Waals surface area contributed by atoms with Crippen LogP contribution in [0, 0.1) is 0 Å². The van der Waals surface area contributed by atoms with Crippen LogP contribution in [-0.4, -0.2) is 19.9 Å². The molecule has 0 aliphatic rings. The molecule has 0 spiro atoms. The van der Waals surface area contributed by atoms with Crippen molar-refractivity contribution in [2.45, 2.75) is 0 Å². The van der Waals surface area contributed by atoms with Crippen molar-refractivity contribution in [1.29, 1.82) is 0 Å². The standard InChI is InChI=1S/C10H8N4/c1-2-8-9(14-6-13-8)5-7(1)10-11-3-4-12-10/h1-6H,(H,11,12)(H,13,14). The maximum absolute atomic E-state index is 4.19. The Labute approximate surface area is 80.0 Å². The van der Waals surface area contributed by atoms with Gasteiger partial charge in [-0.1, -0.05) is 0 Å². The zero-order chi connectivity index (χ0) is 9.38. The first kappa shape index (κ1) is 7.32. The predicted octanol–water partition coefficient (Wildman–Crippen LogP) is 1.95. The lowest BCUT2D eigenvalue weighted by Crippen LogP contribution is -1.80. The van der Waals surface area contributed by atoms with Crippen LogP contribution < -0.4 is 0 Å². The van der Waals surface area contributed by atoms with Crippen LogP contribution in [0.2, 0.25) is 0 Å². The van der Waals surface area contributed by atoms with Gasteiger partial charge in [-0.25, -0.2) is 9.97 Å². The normalized spacial score (nSPS) is 10.9. The molecule has 68 valence electrons. The highest BCUT2D eigenvalue weighted by Crippen LogP contribution is 2.18. The predicted molar refractivity (Wildman–Crippen MR) is 53.7 cm³/mol. The number of aromatic amines is 2. The van der Waals surface area contributed by atoms with Crippen molar-refractivity contribution >= 4 is 11.0 Å². The zero-order valence-corrected chi connectivity index (χ0v) is 7.36. The van der Waals surface area contributed by atoms with Gasteiger partial charge in [0.2, 0.25) is 0 Å². The van der Waals surface area contributed by atoms with Crippen LogP contribution in [0.15, 0.2) is 36.9 Å². The number of benzene rings is 1. The lowest BCUT2D eigenvalue weighted by Gasteiger charge is -1.95. The number of H-pyrrole nitrogens is 2. The largest absolute Gasteiger partial charge is 0.345 e. The van der Waals surface area contributed by atoms with Gasteiger partial charge >= 0.3 is 0 Å². The molecule has 2 N–H and O–H groups in total. The van der Waals surface area contributed by atoms with Crippen molar-refractivity contribution in [2.24, 2.45) is 0 Å². The number of rotatable bonds is 1. The quantitative estimate of drug-likeness (QED) is 0.607. The summed E-state index contributed by atoms with van der Waals surface area (Å²) in [4.78, 5) is 14.5. The topological polar surface area (TPSA) is 57.4 Å². The summed E-state index contributed by atoms with van der Waals surface area (Å²) < 4.78 is 0. The number of hydrogen-bond acceptors (Lipinski definition) is 2. The Bertz CT molecular complexity index is 550. The number of fused-ring (bicyclic) bond motifs is 1. The van der Waals surface area contributed by atoms with Gasteiger partial charge in [-0.15, -0.1) is 0 Å². The Balaban J connectivity index is 2.23. The van der Waals surface area contributed by atoms with Gasteiger partial charge in [-0.2, -0.15) is 0 Å². The Morgan fingerprint density at radius 2 is 2.07 bits per heavy atom. The third-order valence-corrected chi connectivity index (χ3v) is 2.19. The van der Waals surface area contributed by atoms with Crippen molar-refractivity contribution in [2.75, 3.05) is 0 Å². The molecule has 4 nitrogen and oxygen atoms in total. The van der Waals surface area contributed by atoms with E-state index in [-0.39, 0.29) is 0 Å². The van der Waals surface area contributed by atoms with Gasteiger partial charge in [0.05, 0.1) is 17.4 Å². The minimum Gasteiger partial charge on any atom is -0.345 e. The van der Waals surface area contributed by atoms with E-state index in [4.69, 9.17) is 0 Å². The molecule has 2 aromatic heterocycles. The summed E-state index contributed by atoms with van der Waals surface area (Å²) >= 11 is 0. The highest BCUT2D eigenvalue weighted by atomic mass is 14.9. The lowest BCUT2D eigenvalue weighted by molar-refractivity contribution is 1.31. The molecular formula is C10H8N4. The summed E-state index contributed by atoms with van der Waals surface area (Å²) in [6.07, 6.45) is 5.25. The van der Waals surface area contributed by atoms with Crippen molar-refractivity contribution in [3.8, 4) is 11.4 Å². The SMILES string of the molecule is c1c[nH]c(-c2ccc3nc[nH]c3c2)n1. The van der Waals surface area contributed by atoms with Crippen LogP contribution in [0.5, 0.6) is 0 Å². The van der Waals surface area contributed by atoms with Gasteiger partial charge in [0.25, 0.3) is 0 Å². The highest BCUT2D eigenvalue weighted by Gasteiger charge is 2.01. The van der Waals surface area contributed by atoms with Crippen LogP contribution in [0.1, 0.15) is 0 Å². The van der Waals surface area contributed by atoms with E-state index in [1.54, 1.807) is 12.5 Å². The Morgan fingerprint density at radius 1 is 1.07 bits per heavy atom. The van der Waals surface area contributed by atoms with Crippen LogP contribution >= 0.6 is 0 Å². The minimum absolute atomic E-state index is 0.876. The molecule has 3 aromatic rings. The fraction of sp³-hybridized carbons (Fsp3) is 0. The molecule has 0 radical (unpaired) electrons. The molecule has 1 aromatic carbocycles. The summed E-state index contributed by atoms with van der Waals surface area (Å²) in [7, 11) is 0. The van der Waals surface area contributed by atoms with Gasteiger partial charge in [-0.3, -0.25) is 0 Å². The maximum Gasteiger partial charge on any atom is 0.137 e. The molecule has 0 atom stereocenters. The van der Waals surface area contributed by atoms with E-state index >= 15 is 0 Å². The molecule has 0 unspecified atom stereocenters. The molecule has 4 heteroatoms. The Morgan fingerprint density at radius 3 is 2.93 bits per heavy atom. The van der Waals surface area contributed by atoms with Crippen LogP contribution in [0.3, 0.4) is 0 Å². The molecule has 0 aliphatic heterocycles. The molecule has 0 amide bonds. The van der Waals surface area contributed by atoms with Crippen molar-refractivity contribution in [3.05, 3.63) is 36.9 Å². The molecule has 3 rings (SSSR count). The van der Waals surface area contributed by atoms with E-state index in [1.165, 1.54) is 0 Å². The fourth-order valence-corrected chi connectivity index (χ4v) is 1.51. The minimum atomic E-state index is 0.876. The maximum atomic E-state index is 4.19. The van der Waals surface area contributed by atoms with Crippen molar-refractivity contribution in [1.82, 2.24) is 19.9 Å². The van der Waals surface area contributed by atoms with E-state index in [0.29, 0.717) is 0 Å². The summed E-state index contributed by atoms with van der Waals surface area (Å²) in [5.74, 6) is 0.876. The average Bonchev–Trinajstić information content (AvgIpc) is 2.88. The molecule has 0 saturated carbocycles. The number of nitrogens with zero attached hydrogens (tertiary/aromatic N) is 2. The number of imidazole rings is 2. The third kappa shape index (κ3) is 1.01. The van der Waals surface area contributed by atoms with Crippen LogP contribution in [0.25, 0.3) is 22.4 Å². The van der Waals surface area contributed by atoms with Crippen molar-refractivity contribution < 1.29 is 0 Å². The van der Waals surface area contributed by atoms with Gasteiger partial charge in [-0.05, 0) is 18.2 Å². The second kappa shape index (κ2) is 2.70. The number of hydrogen-bond donors (Lipinski definition) is 2. The van der Waals surface area contributed by atoms with Crippen LogP contribution in [0.4, 0.5) is 0 Å². The highest BCUT2D eigenvalue weighted by molar-refractivity contribution is 5.79. The molecule has 14 heavy (non-hydrogen) atoms. The lowest BCUT2D eigenvalue weighted by atomic mass is 10.2. The summed E-state index contributed by atoms with van der Waals surface area (Å²) in [6.45, 7) is 0. The van der Waals surface area contributed by atoms with Gasteiger partial charge in [0.1, 0.15) is 5.82 Å². The summed E-state index contributed by atoms with van der Waals surface area (Å²) in [5, 5.41) is 0. The summed E-state index contributed by atoms with van der Waals surface area (Å²) in [5.41, 5.74) is 3.06. The van der Waals surface area contributed by atoms with Crippen LogP contribution in [-0.2, 0) is 0 Å². The Kier molecular flexibility index (Phi) is 1.41. The third-order valence-electron chi connectivity index (χ3n) is 2.19. The average molecular weight is 184 g/mol. The second-order valence-corrected chi connectivity index (χ2v) is 3.07.